The van der Waals surface area contributed by atoms with Crippen molar-refractivity contribution in [3.63, 3.8) is 0 Å². The first-order chi connectivity index (χ1) is 19.9. The van der Waals surface area contributed by atoms with Crippen LogP contribution in [-0.4, -0.2) is 85.1 Å². The first kappa shape index (κ1) is 34.7. The van der Waals surface area contributed by atoms with E-state index >= 15 is 0 Å². The molecule has 0 spiro atoms. The molecule has 1 unspecified atom stereocenters. The Morgan fingerprint density at radius 3 is 2.12 bits per heavy atom. The monoisotopic (exact) mass is 635 g/mol. The Bertz CT molecular complexity index is 1400. The minimum absolute atomic E-state index is 0.257. The highest BCUT2D eigenvalue weighted by molar-refractivity contribution is 7.80. The van der Waals surface area contributed by atoms with Crippen molar-refractivity contribution < 1.29 is 46.1 Å². The molecule has 43 heavy (non-hydrogen) atoms. The van der Waals surface area contributed by atoms with Gasteiger partial charge in [-0.05, 0) is 48.5 Å². The number of carboxylic acid groups (broad SMARTS) is 2. The number of nitrogens with zero attached hydrogens (tertiary/aromatic N) is 5. The number of halogens is 6. The summed E-state index contributed by atoms with van der Waals surface area (Å²) < 4.78 is 63.5. The molecule has 4 rings (SSSR count). The number of piperazine rings is 1. The van der Waals surface area contributed by atoms with Crippen molar-refractivity contribution >= 4 is 57.6 Å². The number of fused-ring (bicyclic) bond motifs is 1. The molecule has 0 bridgehead atoms. The molecule has 234 valence electrons. The molecule has 3 aromatic rings. The summed E-state index contributed by atoms with van der Waals surface area (Å²) in [6.45, 7) is 6.90. The SMILES string of the molecule is CC(C)C1CN(c2ccnc(N)n2)CCN1C(=S)Nc1cccc2ncccc12.O=C(O)C(F)(F)F.O=C(O)C(F)(F)F. The molecule has 1 fully saturated rings. The predicted octanol–water partition coefficient (Wildman–Crippen LogP) is 4.42. The number of rotatable bonds is 3. The van der Waals surface area contributed by atoms with E-state index in [9.17, 15) is 26.3 Å². The molecule has 3 heterocycles. The number of alkyl halides is 6. The summed E-state index contributed by atoms with van der Waals surface area (Å²) in [5, 5.41) is 19.5. The Hall–Kier alpha value is -4.48. The first-order valence-electron chi connectivity index (χ1n) is 12.3. The first-order valence-corrected chi connectivity index (χ1v) is 12.7. The minimum Gasteiger partial charge on any atom is -0.475 e. The molecule has 0 aliphatic carbocycles. The fourth-order valence-electron chi connectivity index (χ4n) is 3.78. The molecular formula is C25H27F6N7O4S. The smallest absolute Gasteiger partial charge is 0.475 e. The average Bonchev–Trinajstić information content (AvgIpc) is 2.92. The van der Waals surface area contributed by atoms with Crippen LogP contribution in [0.1, 0.15) is 13.8 Å². The van der Waals surface area contributed by atoms with Gasteiger partial charge < -0.3 is 31.1 Å². The van der Waals surface area contributed by atoms with Crippen LogP contribution in [-0.2, 0) is 9.59 Å². The molecular weight excluding hydrogens is 608 g/mol. The van der Waals surface area contributed by atoms with Crippen LogP contribution in [0.4, 0.5) is 43.8 Å². The number of anilines is 3. The zero-order chi connectivity index (χ0) is 32.5. The fourth-order valence-corrected chi connectivity index (χ4v) is 4.12. The van der Waals surface area contributed by atoms with Crippen LogP contribution in [0.25, 0.3) is 10.9 Å². The van der Waals surface area contributed by atoms with E-state index in [1.165, 1.54) is 0 Å². The highest BCUT2D eigenvalue weighted by atomic mass is 32.1. The predicted molar refractivity (Wildman–Crippen MR) is 149 cm³/mol. The molecule has 1 aliphatic rings. The van der Waals surface area contributed by atoms with Gasteiger partial charge >= 0.3 is 24.3 Å². The number of pyridine rings is 1. The van der Waals surface area contributed by atoms with Crippen molar-refractivity contribution in [2.75, 3.05) is 35.6 Å². The van der Waals surface area contributed by atoms with Crippen LogP contribution >= 0.6 is 12.2 Å². The summed E-state index contributed by atoms with van der Waals surface area (Å²) in [4.78, 5) is 35.1. The zero-order valence-corrected chi connectivity index (χ0v) is 23.4. The molecule has 1 aliphatic heterocycles. The summed E-state index contributed by atoms with van der Waals surface area (Å²) in [5.74, 6) is -3.93. The largest absolute Gasteiger partial charge is 0.490 e. The van der Waals surface area contributed by atoms with Gasteiger partial charge in [-0.15, -0.1) is 0 Å². The lowest BCUT2D eigenvalue weighted by atomic mass is 10.00. The van der Waals surface area contributed by atoms with Gasteiger partial charge in [0.1, 0.15) is 5.82 Å². The lowest BCUT2D eigenvalue weighted by Gasteiger charge is -2.45. The van der Waals surface area contributed by atoms with E-state index in [0.717, 1.165) is 47.2 Å². The molecule has 1 saturated heterocycles. The number of nitrogens with one attached hydrogen (secondary N) is 1. The Labute approximate surface area is 246 Å². The highest BCUT2D eigenvalue weighted by Gasteiger charge is 2.39. The maximum Gasteiger partial charge on any atom is 0.490 e. The maximum absolute atomic E-state index is 10.6. The Kier molecular flexibility index (Phi) is 11.8. The lowest BCUT2D eigenvalue weighted by Crippen LogP contribution is -2.58. The molecule has 2 aromatic heterocycles. The Morgan fingerprint density at radius 2 is 1.58 bits per heavy atom. The third-order valence-electron chi connectivity index (χ3n) is 5.80. The second-order valence-corrected chi connectivity index (χ2v) is 9.52. The molecule has 5 N–H and O–H groups in total. The van der Waals surface area contributed by atoms with Crippen molar-refractivity contribution in [1.82, 2.24) is 19.9 Å². The Balaban J connectivity index is 0.000000384. The van der Waals surface area contributed by atoms with Gasteiger partial charge in [-0.2, -0.15) is 31.3 Å². The second-order valence-electron chi connectivity index (χ2n) is 9.14. The highest BCUT2D eigenvalue weighted by Crippen LogP contribution is 2.25. The number of aliphatic carboxylic acids is 2. The van der Waals surface area contributed by atoms with Gasteiger partial charge in [0.05, 0.1) is 11.6 Å². The number of nitrogen functional groups attached to an aromatic ring is 1. The number of hydrogen-bond donors (Lipinski definition) is 4. The third-order valence-corrected chi connectivity index (χ3v) is 6.14. The van der Waals surface area contributed by atoms with Gasteiger partial charge in [0, 0.05) is 43.1 Å². The molecule has 1 atom stereocenters. The van der Waals surface area contributed by atoms with Gasteiger partial charge in [0.15, 0.2) is 5.11 Å². The normalized spacial score (nSPS) is 15.1. The summed E-state index contributed by atoms with van der Waals surface area (Å²) >= 11 is 5.82. The Morgan fingerprint density at radius 1 is 0.977 bits per heavy atom. The number of carbonyl (C=O) groups is 2. The number of benzene rings is 1. The van der Waals surface area contributed by atoms with E-state index in [0.29, 0.717) is 11.9 Å². The van der Waals surface area contributed by atoms with E-state index in [4.69, 9.17) is 37.8 Å². The van der Waals surface area contributed by atoms with Gasteiger partial charge in [-0.3, -0.25) is 4.98 Å². The van der Waals surface area contributed by atoms with Gasteiger partial charge in [-0.25, -0.2) is 14.6 Å². The summed E-state index contributed by atoms with van der Waals surface area (Å²) in [5.41, 5.74) is 7.70. The van der Waals surface area contributed by atoms with Gasteiger partial charge in [0.2, 0.25) is 5.95 Å². The summed E-state index contributed by atoms with van der Waals surface area (Å²) in [6.07, 6.45) is -6.66. The standard InChI is InChI=1S/C21H25N7S.2C2HF3O2/c1-14(2)18-13-27(19-8-10-24-20(22)26-19)11-12-28(18)21(29)25-17-7-3-6-16-15(17)5-4-9-23-16;2*3-2(4,5)1(6)7/h3-10,14,18H,11-13H2,1-2H3,(H,25,29)(H2,22,24,26);2*(H,6,7). The van der Waals surface area contributed by atoms with Crippen molar-refractivity contribution in [1.29, 1.82) is 0 Å². The van der Waals surface area contributed by atoms with Gasteiger partial charge in [-0.1, -0.05) is 19.9 Å². The van der Waals surface area contributed by atoms with E-state index in [1.54, 1.807) is 12.4 Å². The van der Waals surface area contributed by atoms with Crippen LogP contribution in [0.2, 0.25) is 0 Å². The van der Waals surface area contributed by atoms with Crippen molar-refractivity contribution in [3.8, 4) is 0 Å². The maximum atomic E-state index is 10.6. The molecule has 0 saturated carbocycles. The van der Waals surface area contributed by atoms with Crippen molar-refractivity contribution in [2.24, 2.45) is 5.92 Å². The second kappa shape index (κ2) is 14.6. The number of thiocarbonyl (C=S) groups is 1. The minimum atomic E-state index is -5.08. The third kappa shape index (κ3) is 10.4. The van der Waals surface area contributed by atoms with E-state index in [1.807, 2.05) is 30.3 Å². The van der Waals surface area contributed by atoms with Crippen molar-refractivity contribution in [2.45, 2.75) is 32.2 Å². The topological polar surface area (TPSA) is 158 Å². The average molecular weight is 636 g/mol. The molecule has 0 amide bonds. The molecule has 18 heteroatoms. The van der Waals surface area contributed by atoms with Crippen LogP contribution in [0.5, 0.6) is 0 Å². The molecule has 0 radical (unpaired) electrons. The van der Waals surface area contributed by atoms with Crippen LogP contribution in [0.15, 0.2) is 48.8 Å². The quantitative estimate of drug-likeness (QED) is 0.238. The molecule has 1 aromatic carbocycles. The number of aromatic nitrogens is 3. The van der Waals surface area contributed by atoms with Gasteiger partial charge in [0.25, 0.3) is 0 Å². The van der Waals surface area contributed by atoms with Crippen LogP contribution in [0.3, 0.4) is 0 Å². The number of carboxylic acids is 2. The summed E-state index contributed by atoms with van der Waals surface area (Å²) in [6, 6.07) is 12.2. The van der Waals surface area contributed by atoms with Crippen LogP contribution in [0, 0.1) is 5.92 Å². The van der Waals surface area contributed by atoms with E-state index in [-0.39, 0.29) is 6.04 Å². The number of nitrogens with two attached hydrogens (primary N) is 1. The molecule has 11 nitrogen and oxygen atoms in total. The van der Waals surface area contributed by atoms with Crippen molar-refractivity contribution in [3.05, 3.63) is 48.8 Å². The van der Waals surface area contributed by atoms with Crippen LogP contribution < -0.4 is 16.0 Å². The lowest BCUT2D eigenvalue weighted by molar-refractivity contribution is -0.193. The van der Waals surface area contributed by atoms with E-state index in [2.05, 4.69) is 50.0 Å². The number of hydrogen-bond acceptors (Lipinski definition) is 8. The zero-order valence-electron chi connectivity index (χ0n) is 22.6. The summed E-state index contributed by atoms with van der Waals surface area (Å²) in [7, 11) is 0. The fraction of sp³-hybridized carbons (Fsp3) is 0.360. The van der Waals surface area contributed by atoms with E-state index < -0.39 is 24.3 Å².